The molecule has 1 aromatic rings. The van der Waals surface area contributed by atoms with Crippen molar-refractivity contribution in [2.24, 2.45) is 17.8 Å². The van der Waals surface area contributed by atoms with Crippen LogP contribution in [0.2, 0.25) is 0 Å². The van der Waals surface area contributed by atoms with Crippen molar-refractivity contribution in [3.05, 3.63) is 53.6 Å². The number of hydrogen-bond donors (Lipinski definition) is 0. The van der Waals surface area contributed by atoms with Gasteiger partial charge in [0, 0.05) is 0 Å². The maximum atomic E-state index is 12.7. The van der Waals surface area contributed by atoms with Gasteiger partial charge in [0.2, 0.25) is 0 Å². The maximum Gasteiger partial charge on any atom is 0.416 e. The molecule has 0 heterocycles. The third kappa shape index (κ3) is 5.49. The lowest BCUT2D eigenvalue weighted by Gasteiger charge is -2.33. The summed E-state index contributed by atoms with van der Waals surface area (Å²) in [7, 11) is 0. The predicted octanol–water partition coefficient (Wildman–Crippen LogP) is 8.05. The van der Waals surface area contributed by atoms with E-state index in [0.717, 1.165) is 29.4 Å². The summed E-state index contributed by atoms with van der Waals surface area (Å²) in [5.41, 5.74) is 1.34. The number of benzene rings is 1. The minimum Gasteiger partial charge on any atom is -0.166 e. The lowest BCUT2D eigenvalue weighted by molar-refractivity contribution is -0.137. The largest absolute Gasteiger partial charge is 0.416 e. The normalized spacial score (nSPS) is 26.1. The summed E-state index contributed by atoms with van der Waals surface area (Å²) < 4.78 is 38.1. The monoisotopic (exact) mass is 376 g/mol. The molecule has 2 aliphatic carbocycles. The van der Waals surface area contributed by atoms with E-state index in [1.54, 1.807) is 12.1 Å². The number of alkyl halides is 3. The molecule has 1 saturated carbocycles. The second kappa shape index (κ2) is 9.12. The average molecular weight is 377 g/mol. The van der Waals surface area contributed by atoms with Crippen LogP contribution in [0.3, 0.4) is 0 Å². The highest BCUT2D eigenvalue weighted by atomic mass is 19.4. The fourth-order valence-electron chi connectivity index (χ4n) is 4.64. The van der Waals surface area contributed by atoms with Gasteiger partial charge in [0.1, 0.15) is 0 Å². The molecule has 1 fully saturated rings. The van der Waals surface area contributed by atoms with Crippen molar-refractivity contribution in [2.75, 3.05) is 0 Å². The van der Waals surface area contributed by atoms with E-state index in [2.05, 4.69) is 25.2 Å². The second-order valence-electron chi connectivity index (χ2n) is 8.27. The average Bonchev–Trinajstić information content (AvgIpc) is 2.68. The Morgan fingerprint density at radius 3 is 2.22 bits per heavy atom. The Kier molecular flexibility index (Phi) is 6.83. The van der Waals surface area contributed by atoms with Crippen molar-refractivity contribution in [3.63, 3.8) is 0 Å². The van der Waals surface area contributed by atoms with Gasteiger partial charge in [0.25, 0.3) is 0 Å². The van der Waals surface area contributed by atoms with Crippen molar-refractivity contribution in [1.29, 1.82) is 0 Å². The summed E-state index contributed by atoms with van der Waals surface area (Å²) in [5.74, 6) is 2.30. The molecule has 2 aliphatic rings. The fourth-order valence-corrected chi connectivity index (χ4v) is 4.64. The lowest BCUT2D eigenvalue weighted by atomic mass is 9.72. The number of unbranched alkanes of at least 4 members (excludes halogenated alkanes) is 2. The molecule has 0 spiro atoms. The van der Waals surface area contributed by atoms with E-state index in [1.807, 2.05) is 0 Å². The first kappa shape index (κ1) is 20.2. The molecule has 0 amide bonds. The Bertz CT molecular complexity index is 643. The molecule has 0 nitrogen and oxygen atoms in total. The van der Waals surface area contributed by atoms with Gasteiger partial charge < -0.3 is 0 Å². The van der Waals surface area contributed by atoms with Crippen LogP contribution in [0, 0.1) is 17.8 Å². The van der Waals surface area contributed by atoms with Crippen molar-refractivity contribution in [3.8, 4) is 0 Å². The summed E-state index contributed by atoms with van der Waals surface area (Å²) in [6.07, 6.45) is 14.2. The molecule has 0 bridgehead atoms. The summed E-state index contributed by atoms with van der Waals surface area (Å²) in [4.78, 5) is 0. The topological polar surface area (TPSA) is 0 Å². The maximum absolute atomic E-state index is 12.7. The molecule has 0 aromatic heterocycles. The van der Waals surface area contributed by atoms with Gasteiger partial charge in [0.15, 0.2) is 0 Å². The quantitative estimate of drug-likeness (QED) is 0.441. The summed E-state index contributed by atoms with van der Waals surface area (Å²) in [6, 6.07) is 5.52. The van der Waals surface area contributed by atoms with Gasteiger partial charge in [-0.1, -0.05) is 75.8 Å². The van der Waals surface area contributed by atoms with Crippen molar-refractivity contribution in [2.45, 2.75) is 70.9 Å². The molecule has 1 unspecified atom stereocenters. The minimum absolute atomic E-state index is 0.583. The number of allylic oxidation sites excluding steroid dienone is 4. The Morgan fingerprint density at radius 2 is 1.67 bits per heavy atom. The van der Waals surface area contributed by atoms with E-state index < -0.39 is 11.7 Å². The van der Waals surface area contributed by atoms with Crippen LogP contribution in [0.25, 0.3) is 5.57 Å². The molecule has 1 atom stereocenters. The van der Waals surface area contributed by atoms with Gasteiger partial charge in [-0.05, 0) is 60.3 Å². The van der Waals surface area contributed by atoms with Crippen molar-refractivity contribution in [1.82, 2.24) is 0 Å². The summed E-state index contributed by atoms with van der Waals surface area (Å²) in [6.45, 7) is 2.26. The molecule has 0 radical (unpaired) electrons. The SMILES string of the molecule is CCCCC[C@H]1CC[C@H](C2C=CC(c3ccc(C(F)(F)F)cc3)=CC2)CC1. The molecule has 3 rings (SSSR count). The van der Waals surface area contributed by atoms with Crippen LogP contribution in [0.15, 0.2) is 42.5 Å². The zero-order chi connectivity index (χ0) is 19.3. The highest BCUT2D eigenvalue weighted by molar-refractivity contribution is 5.75. The molecule has 0 N–H and O–H groups in total. The number of hydrogen-bond acceptors (Lipinski definition) is 0. The fraction of sp³-hybridized carbons (Fsp3) is 0.583. The van der Waals surface area contributed by atoms with Gasteiger partial charge >= 0.3 is 6.18 Å². The van der Waals surface area contributed by atoms with Crippen LogP contribution in [-0.2, 0) is 6.18 Å². The highest BCUT2D eigenvalue weighted by Crippen LogP contribution is 2.40. The lowest BCUT2D eigenvalue weighted by Crippen LogP contribution is -2.21. The number of halogens is 3. The third-order valence-electron chi connectivity index (χ3n) is 6.39. The van der Waals surface area contributed by atoms with Crippen molar-refractivity contribution < 1.29 is 13.2 Å². The van der Waals surface area contributed by atoms with Crippen LogP contribution in [0.1, 0.15) is 75.8 Å². The van der Waals surface area contributed by atoms with E-state index in [9.17, 15) is 13.2 Å². The standard InChI is InChI=1S/C24H31F3/c1-2-3-4-5-18-6-8-19(9-7-18)20-10-12-21(13-11-20)22-14-16-23(17-15-22)24(25,26)27/h10,12-20H,2-9,11H2,1H3/t18-,19-,20?. The molecule has 0 saturated heterocycles. The van der Waals surface area contributed by atoms with Gasteiger partial charge in [-0.3, -0.25) is 0 Å². The molecule has 0 aliphatic heterocycles. The Balaban J connectivity index is 1.50. The van der Waals surface area contributed by atoms with E-state index in [-0.39, 0.29) is 0 Å². The van der Waals surface area contributed by atoms with Crippen LogP contribution in [-0.4, -0.2) is 0 Å². The van der Waals surface area contributed by atoms with E-state index >= 15 is 0 Å². The molecule has 1 aromatic carbocycles. The van der Waals surface area contributed by atoms with Gasteiger partial charge in [-0.25, -0.2) is 0 Å². The molecular formula is C24H31F3. The van der Waals surface area contributed by atoms with Crippen LogP contribution >= 0.6 is 0 Å². The second-order valence-corrected chi connectivity index (χ2v) is 8.27. The van der Waals surface area contributed by atoms with Gasteiger partial charge in [-0.2, -0.15) is 13.2 Å². The third-order valence-corrected chi connectivity index (χ3v) is 6.39. The highest BCUT2D eigenvalue weighted by Gasteiger charge is 2.30. The predicted molar refractivity (Wildman–Crippen MR) is 106 cm³/mol. The van der Waals surface area contributed by atoms with Crippen LogP contribution < -0.4 is 0 Å². The summed E-state index contributed by atoms with van der Waals surface area (Å²) in [5, 5.41) is 0. The van der Waals surface area contributed by atoms with E-state index in [0.29, 0.717) is 5.92 Å². The zero-order valence-corrected chi connectivity index (χ0v) is 16.3. The summed E-state index contributed by atoms with van der Waals surface area (Å²) >= 11 is 0. The van der Waals surface area contributed by atoms with E-state index in [1.165, 1.54) is 63.5 Å². The van der Waals surface area contributed by atoms with Crippen LogP contribution in [0.4, 0.5) is 13.2 Å². The first-order valence-electron chi connectivity index (χ1n) is 10.5. The minimum atomic E-state index is -4.27. The molecule has 27 heavy (non-hydrogen) atoms. The van der Waals surface area contributed by atoms with E-state index in [4.69, 9.17) is 0 Å². The number of rotatable bonds is 6. The van der Waals surface area contributed by atoms with Gasteiger partial charge in [0.05, 0.1) is 5.56 Å². The van der Waals surface area contributed by atoms with Gasteiger partial charge in [-0.15, -0.1) is 0 Å². The molecular weight excluding hydrogens is 345 g/mol. The molecule has 148 valence electrons. The first-order valence-corrected chi connectivity index (χ1v) is 10.5. The smallest absolute Gasteiger partial charge is 0.166 e. The zero-order valence-electron chi connectivity index (χ0n) is 16.3. The first-order chi connectivity index (χ1) is 13.0. The Morgan fingerprint density at radius 1 is 0.963 bits per heavy atom. The Labute approximate surface area is 161 Å². The molecule has 3 heteroatoms. The van der Waals surface area contributed by atoms with Crippen molar-refractivity contribution >= 4 is 5.57 Å². The Hall–Kier alpha value is -1.51. The van der Waals surface area contributed by atoms with Crippen LogP contribution in [0.5, 0.6) is 0 Å².